The molecule has 1 heterocycles. The van der Waals surface area contributed by atoms with Crippen LogP contribution in [-0.4, -0.2) is 18.1 Å². The SMILES string of the molecule is N#Cc1cc([N+](=O)[O-])ccc1NCc1ccc2c(c1)OCCO2. The maximum Gasteiger partial charge on any atom is 0.270 e. The minimum Gasteiger partial charge on any atom is -0.486 e. The molecule has 0 amide bonds. The molecule has 2 aromatic carbocycles. The van der Waals surface area contributed by atoms with E-state index in [1.807, 2.05) is 24.3 Å². The highest BCUT2D eigenvalue weighted by Gasteiger charge is 2.13. The molecule has 0 unspecified atom stereocenters. The lowest BCUT2D eigenvalue weighted by Crippen LogP contribution is -2.15. The zero-order valence-electron chi connectivity index (χ0n) is 12.1. The molecule has 1 N–H and O–H groups in total. The molecule has 0 atom stereocenters. The number of rotatable bonds is 4. The molecule has 7 nitrogen and oxygen atoms in total. The molecule has 23 heavy (non-hydrogen) atoms. The molecule has 0 radical (unpaired) electrons. The van der Waals surface area contributed by atoms with Crippen molar-refractivity contribution < 1.29 is 14.4 Å². The molecule has 0 fully saturated rings. The molecule has 0 bridgehead atoms. The van der Waals surface area contributed by atoms with Crippen molar-refractivity contribution in [2.24, 2.45) is 0 Å². The topological polar surface area (TPSA) is 97.4 Å². The van der Waals surface area contributed by atoms with Gasteiger partial charge in [-0.1, -0.05) is 6.07 Å². The summed E-state index contributed by atoms with van der Waals surface area (Å²) in [5, 5.41) is 23.0. The highest BCUT2D eigenvalue weighted by Crippen LogP contribution is 2.31. The van der Waals surface area contributed by atoms with Gasteiger partial charge in [0.2, 0.25) is 0 Å². The predicted octanol–water partition coefficient (Wildman–Crippen LogP) is 2.85. The molecule has 0 aromatic heterocycles. The van der Waals surface area contributed by atoms with Crippen molar-refractivity contribution in [2.75, 3.05) is 18.5 Å². The van der Waals surface area contributed by atoms with Gasteiger partial charge in [0.05, 0.1) is 16.2 Å². The van der Waals surface area contributed by atoms with E-state index in [-0.39, 0.29) is 11.3 Å². The summed E-state index contributed by atoms with van der Waals surface area (Å²) in [6.45, 7) is 1.52. The number of non-ortho nitro benzene ring substituents is 1. The number of hydrogen-bond donors (Lipinski definition) is 1. The Labute approximate surface area is 132 Å². The van der Waals surface area contributed by atoms with E-state index in [1.165, 1.54) is 18.2 Å². The number of nitrogens with one attached hydrogen (secondary N) is 1. The van der Waals surface area contributed by atoms with Gasteiger partial charge in [-0.15, -0.1) is 0 Å². The van der Waals surface area contributed by atoms with Crippen LogP contribution in [0.15, 0.2) is 36.4 Å². The molecular weight excluding hydrogens is 298 g/mol. The lowest BCUT2D eigenvalue weighted by molar-refractivity contribution is -0.384. The van der Waals surface area contributed by atoms with Gasteiger partial charge in [0.25, 0.3) is 5.69 Å². The van der Waals surface area contributed by atoms with Crippen LogP contribution in [0.4, 0.5) is 11.4 Å². The number of hydrogen-bond acceptors (Lipinski definition) is 6. The van der Waals surface area contributed by atoms with E-state index in [2.05, 4.69) is 5.32 Å². The maximum absolute atomic E-state index is 10.7. The van der Waals surface area contributed by atoms with Crippen molar-refractivity contribution in [3.63, 3.8) is 0 Å². The van der Waals surface area contributed by atoms with Crippen LogP contribution >= 0.6 is 0 Å². The Morgan fingerprint density at radius 2 is 1.96 bits per heavy atom. The summed E-state index contributed by atoms with van der Waals surface area (Å²) in [5.74, 6) is 1.41. The second-order valence-electron chi connectivity index (χ2n) is 4.93. The van der Waals surface area contributed by atoms with Crippen molar-refractivity contribution in [2.45, 2.75) is 6.54 Å². The van der Waals surface area contributed by atoms with Crippen LogP contribution in [0.3, 0.4) is 0 Å². The molecule has 1 aliphatic rings. The second kappa shape index (κ2) is 6.23. The molecule has 1 aliphatic heterocycles. The highest BCUT2D eigenvalue weighted by molar-refractivity contribution is 5.61. The number of fused-ring (bicyclic) bond motifs is 1. The first-order valence-electron chi connectivity index (χ1n) is 6.98. The zero-order chi connectivity index (χ0) is 16.2. The number of ether oxygens (including phenoxy) is 2. The summed E-state index contributed by atoms with van der Waals surface area (Å²) in [6, 6.07) is 11.7. The standard InChI is InChI=1S/C16H13N3O4/c17-9-12-8-13(19(20)21)2-3-14(12)18-10-11-1-4-15-16(7-11)23-6-5-22-15/h1-4,7-8,18H,5-6,10H2. The van der Waals surface area contributed by atoms with Crippen molar-refractivity contribution in [3.05, 3.63) is 57.6 Å². The third kappa shape index (κ3) is 3.16. The van der Waals surface area contributed by atoms with Gasteiger partial charge < -0.3 is 14.8 Å². The summed E-state index contributed by atoms with van der Waals surface area (Å²) in [5.41, 5.74) is 1.63. The zero-order valence-corrected chi connectivity index (χ0v) is 12.1. The molecule has 0 saturated carbocycles. The van der Waals surface area contributed by atoms with Gasteiger partial charge >= 0.3 is 0 Å². The predicted molar refractivity (Wildman–Crippen MR) is 82.6 cm³/mol. The smallest absolute Gasteiger partial charge is 0.270 e. The summed E-state index contributed by atoms with van der Waals surface area (Å²) in [6.07, 6.45) is 0. The molecule has 0 aliphatic carbocycles. The van der Waals surface area contributed by atoms with Gasteiger partial charge in [-0.25, -0.2) is 0 Å². The van der Waals surface area contributed by atoms with Gasteiger partial charge in [0, 0.05) is 18.7 Å². The Morgan fingerprint density at radius 1 is 1.17 bits per heavy atom. The first-order chi connectivity index (χ1) is 11.2. The second-order valence-corrected chi connectivity index (χ2v) is 4.93. The number of nitro groups is 1. The summed E-state index contributed by atoms with van der Waals surface area (Å²) in [4.78, 5) is 10.2. The van der Waals surface area contributed by atoms with E-state index < -0.39 is 4.92 Å². The van der Waals surface area contributed by atoms with E-state index in [4.69, 9.17) is 14.7 Å². The lowest BCUT2D eigenvalue weighted by atomic mass is 10.1. The summed E-state index contributed by atoms with van der Waals surface area (Å²) in [7, 11) is 0. The number of nitro benzene ring substituents is 1. The van der Waals surface area contributed by atoms with E-state index in [1.54, 1.807) is 0 Å². The molecule has 0 saturated heterocycles. The largest absolute Gasteiger partial charge is 0.486 e. The van der Waals surface area contributed by atoms with Gasteiger partial charge in [-0.3, -0.25) is 10.1 Å². The number of benzene rings is 2. The normalized spacial score (nSPS) is 12.3. The fraction of sp³-hybridized carbons (Fsp3) is 0.188. The minimum atomic E-state index is -0.522. The van der Waals surface area contributed by atoms with Crippen molar-refractivity contribution in [1.82, 2.24) is 0 Å². The van der Waals surface area contributed by atoms with Crippen LogP contribution in [-0.2, 0) is 6.54 Å². The van der Waals surface area contributed by atoms with Gasteiger partial charge in [0.1, 0.15) is 19.3 Å². The fourth-order valence-corrected chi connectivity index (χ4v) is 2.29. The number of anilines is 1. The molecule has 2 aromatic rings. The Balaban J connectivity index is 1.76. The van der Waals surface area contributed by atoms with Crippen LogP contribution in [0.5, 0.6) is 11.5 Å². The average molecular weight is 311 g/mol. The molecule has 116 valence electrons. The fourth-order valence-electron chi connectivity index (χ4n) is 2.29. The van der Waals surface area contributed by atoms with Crippen molar-refractivity contribution in [1.29, 1.82) is 5.26 Å². The number of nitrogens with zero attached hydrogens (tertiary/aromatic N) is 2. The van der Waals surface area contributed by atoms with Crippen LogP contribution in [0.25, 0.3) is 0 Å². The third-order valence-corrected chi connectivity index (χ3v) is 3.42. The quantitative estimate of drug-likeness (QED) is 0.688. The van der Waals surface area contributed by atoms with E-state index in [0.29, 0.717) is 36.9 Å². The Hall–Kier alpha value is -3.27. The molecule has 3 rings (SSSR count). The highest BCUT2D eigenvalue weighted by atomic mass is 16.6. The van der Waals surface area contributed by atoms with Gasteiger partial charge in [0.15, 0.2) is 11.5 Å². The minimum absolute atomic E-state index is 0.105. The van der Waals surface area contributed by atoms with Crippen molar-refractivity contribution in [3.8, 4) is 17.6 Å². The van der Waals surface area contributed by atoms with E-state index in [9.17, 15) is 10.1 Å². The Kier molecular flexibility index (Phi) is 3.97. The van der Waals surface area contributed by atoms with Crippen LogP contribution in [0.1, 0.15) is 11.1 Å². The first kappa shape index (κ1) is 14.7. The average Bonchev–Trinajstić information content (AvgIpc) is 2.59. The van der Waals surface area contributed by atoms with E-state index >= 15 is 0 Å². The molecular formula is C16H13N3O4. The summed E-state index contributed by atoms with van der Waals surface area (Å²) >= 11 is 0. The number of nitriles is 1. The summed E-state index contributed by atoms with van der Waals surface area (Å²) < 4.78 is 11.0. The molecule has 0 spiro atoms. The monoisotopic (exact) mass is 311 g/mol. The molecule has 7 heteroatoms. The van der Waals surface area contributed by atoms with Crippen molar-refractivity contribution >= 4 is 11.4 Å². The lowest BCUT2D eigenvalue weighted by Gasteiger charge is -2.19. The Morgan fingerprint density at radius 3 is 2.70 bits per heavy atom. The van der Waals surface area contributed by atoms with Crippen LogP contribution in [0, 0.1) is 21.4 Å². The van der Waals surface area contributed by atoms with E-state index in [0.717, 1.165) is 5.56 Å². The van der Waals surface area contributed by atoms with Gasteiger partial charge in [-0.05, 0) is 23.8 Å². The Bertz CT molecular complexity index is 798. The first-order valence-corrected chi connectivity index (χ1v) is 6.98. The third-order valence-electron chi connectivity index (χ3n) is 3.42. The maximum atomic E-state index is 10.7. The van der Waals surface area contributed by atoms with Crippen LogP contribution < -0.4 is 14.8 Å². The van der Waals surface area contributed by atoms with Crippen LogP contribution in [0.2, 0.25) is 0 Å². The van der Waals surface area contributed by atoms with Gasteiger partial charge in [-0.2, -0.15) is 5.26 Å².